The molecule has 0 fully saturated rings. The van der Waals surface area contributed by atoms with Crippen molar-refractivity contribution in [1.29, 1.82) is 0 Å². The van der Waals surface area contributed by atoms with E-state index in [-0.39, 0.29) is 11.9 Å². The third kappa shape index (κ3) is 2.86. The molecule has 1 atom stereocenters. The topological polar surface area (TPSA) is 61.4 Å². The van der Waals surface area contributed by atoms with Gasteiger partial charge in [-0.05, 0) is 45.2 Å². The number of hydrogen-bond acceptors (Lipinski definition) is 3. The quantitative estimate of drug-likeness (QED) is 0.785. The summed E-state index contributed by atoms with van der Waals surface area (Å²) >= 11 is 0. The molecule has 0 saturated carbocycles. The summed E-state index contributed by atoms with van der Waals surface area (Å²) in [5.74, 6) is -0.0933. The monoisotopic (exact) mass is 276 g/mol. The number of rotatable bonds is 3. The smallest absolute Gasteiger partial charge is 0.242 e. The molecular formula is C16H24N2O2. The first-order chi connectivity index (χ1) is 9.22. The van der Waals surface area contributed by atoms with Gasteiger partial charge in [0, 0.05) is 6.54 Å². The van der Waals surface area contributed by atoms with E-state index >= 15 is 0 Å². The second-order valence-electron chi connectivity index (χ2n) is 6.51. The molecule has 4 nitrogen and oxygen atoms in total. The van der Waals surface area contributed by atoms with E-state index in [0.717, 1.165) is 18.5 Å². The third-order valence-electron chi connectivity index (χ3n) is 4.34. The highest BCUT2D eigenvalue weighted by atomic mass is 16.3. The number of benzene rings is 1. The predicted molar refractivity (Wildman–Crippen MR) is 79.4 cm³/mol. The molecule has 1 amide bonds. The van der Waals surface area contributed by atoms with Gasteiger partial charge >= 0.3 is 0 Å². The van der Waals surface area contributed by atoms with Crippen LogP contribution in [0.5, 0.6) is 0 Å². The second-order valence-corrected chi connectivity index (χ2v) is 6.51. The maximum absolute atomic E-state index is 12.5. The van der Waals surface area contributed by atoms with Gasteiger partial charge < -0.3 is 15.7 Å². The number of aliphatic hydroxyl groups is 1. The summed E-state index contributed by atoms with van der Waals surface area (Å²) in [4.78, 5) is 12.5. The number of fused-ring (bicyclic) bond motifs is 1. The highest BCUT2D eigenvalue weighted by Gasteiger charge is 2.38. The van der Waals surface area contributed by atoms with Gasteiger partial charge in [-0.2, -0.15) is 0 Å². The number of nitrogens with one attached hydrogen (secondary N) is 2. The Kier molecular flexibility index (Phi) is 3.89. The summed E-state index contributed by atoms with van der Waals surface area (Å²) in [5.41, 5.74) is 0.560. The lowest BCUT2D eigenvalue weighted by atomic mass is 9.85. The minimum atomic E-state index is -0.989. The van der Waals surface area contributed by atoms with E-state index in [2.05, 4.69) is 16.7 Å². The van der Waals surface area contributed by atoms with E-state index in [1.54, 1.807) is 13.8 Å². The van der Waals surface area contributed by atoms with Crippen LogP contribution in [0.3, 0.4) is 0 Å². The van der Waals surface area contributed by atoms with E-state index in [9.17, 15) is 9.90 Å². The Bertz CT molecular complexity index is 503. The van der Waals surface area contributed by atoms with Crippen LogP contribution in [0.2, 0.25) is 0 Å². The van der Waals surface area contributed by atoms with Gasteiger partial charge in [-0.15, -0.1) is 0 Å². The van der Waals surface area contributed by atoms with Crippen LogP contribution < -0.4 is 10.6 Å². The van der Waals surface area contributed by atoms with Gasteiger partial charge in [0.15, 0.2) is 0 Å². The molecule has 0 aromatic heterocycles. The van der Waals surface area contributed by atoms with Gasteiger partial charge in [0.25, 0.3) is 0 Å². The molecule has 2 rings (SSSR count). The van der Waals surface area contributed by atoms with Gasteiger partial charge in [0.05, 0.1) is 11.1 Å². The van der Waals surface area contributed by atoms with Crippen LogP contribution in [0, 0.1) is 0 Å². The summed E-state index contributed by atoms with van der Waals surface area (Å²) < 4.78 is 0. The lowest BCUT2D eigenvalue weighted by Crippen LogP contribution is -2.59. The van der Waals surface area contributed by atoms with Crippen LogP contribution in [0.1, 0.15) is 44.9 Å². The summed E-state index contributed by atoms with van der Waals surface area (Å²) in [6, 6.07) is 7.66. The van der Waals surface area contributed by atoms with Crippen molar-refractivity contribution in [3.05, 3.63) is 35.4 Å². The maximum atomic E-state index is 12.5. The number of hydrogen-bond donors (Lipinski definition) is 3. The van der Waals surface area contributed by atoms with Crippen molar-refractivity contribution in [3.63, 3.8) is 0 Å². The first-order valence-corrected chi connectivity index (χ1v) is 7.08. The molecular weight excluding hydrogens is 252 g/mol. The summed E-state index contributed by atoms with van der Waals surface area (Å²) in [6.07, 6.45) is 0.939. The van der Waals surface area contributed by atoms with Crippen LogP contribution in [-0.4, -0.2) is 28.7 Å². The molecule has 1 aliphatic heterocycles. The Morgan fingerprint density at radius 1 is 1.30 bits per heavy atom. The highest BCUT2D eigenvalue weighted by Crippen LogP contribution is 2.26. The third-order valence-corrected chi connectivity index (χ3v) is 4.34. The van der Waals surface area contributed by atoms with Crippen LogP contribution in [-0.2, 0) is 11.2 Å². The van der Waals surface area contributed by atoms with E-state index < -0.39 is 11.1 Å². The lowest BCUT2D eigenvalue weighted by Gasteiger charge is -2.39. The molecule has 0 bridgehead atoms. The fourth-order valence-corrected chi connectivity index (χ4v) is 2.27. The van der Waals surface area contributed by atoms with Gasteiger partial charge in [-0.25, -0.2) is 0 Å². The predicted octanol–water partition coefficient (Wildman–Crippen LogP) is 1.54. The van der Waals surface area contributed by atoms with Crippen molar-refractivity contribution in [1.82, 2.24) is 10.6 Å². The maximum Gasteiger partial charge on any atom is 0.242 e. The van der Waals surface area contributed by atoms with Crippen molar-refractivity contribution in [2.24, 2.45) is 0 Å². The fourth-order valence-electron chi connectivity index (χ4n) is 2.27. The molecule has 3 N–H and O–H groups in total. The second kappa shape index (κ2) is 5.19. The average molecular weight is 276 g/mol. The van der Waals surface area contributed by atoms with E-state index in [1.165, 1.54) is 5.56 Å². The Morgan fingerprint density at radius 3 is 2.60 bits per heavy atom. The van der Waals surface area contributed by atoms with E-state index in [4.69, 9.17) is 0 Å². The molecule has 0 spiro atoms. The van der Waals surface area contributed by atoms with E-state index in [1.807, 2.05) is 32.0 Å². The minimum absolute atomic E-state index is 0.0933. The number of amides is 1. The zero-order valence-electron chi connectivity index (χ0n) is 12.7. The van der Waals surface area contributed by atoms with Crippen molar-refractivity contribution in [2.45, 2.75) is 51.3 Å². The molecule has 4 heteroatoms. The standard InChI is InChI=1S/C16H24N2O2/c1-15(2,16(3,4)20)18-14(19)13-12-8-6-5-7-11(12)9-10-17-13/h5-8,13,17,20H,9-10H2,1-4H3,(H,18,19). The zero-order valence-corrected chi connectivity index (χ0v) is 12.7. The van der Waals surface area contributed by atoms with Gasteiger partial charge in [-0.3, -0.25) is 4.79 Å². The van der Waals surface area contributed by atoms with Crippen molar-refractivity contribution >= 4 is 5.91 Å². The molecule has 20 heavy (non-hydrogen) atoms. The zero-order chi connectivity index (χ0) is 15.0. The Morgan fingerprint density at radius 2 is 1.95 bits per heavy atom. The van der Waals surface area contributed by atoms with Gasteiger partial charge in [0.1, 0.15) is 6.04 Å². The van der Waals surface area contributed by atoms with Crippen molar-refractivity contribution in [2.75, 3.05) is 6.54 Å². The molecule has 1 aromatic rings. The van der Waals surface area contributed by atoms with Crippen LogP contribution in [0.4, 0.5) is 0 Å². The van der Waals surface area contributed by atoms with Crippen LogP contribution >= 0.6 is 0 Å². The van der Waals surface area contributed by atoms with Crippen LogP contribution in [0.25, 0.3) is 0 Å². The molecule has 0 aliphatic carbocycles. The molecule has 1 aliphatic rings. The molecule has 0 radical (unpaired) electrons. The molecule has 1 unspecified atom stereocenters. The van der Waals surface area contributed by atoms with Crippen molar-refractivity contribution in [3.8, 4) is 0 Å². The molecule has 110 valence electrons. The lowest BCUT2D eigenvalue weighted by molar-refractivity contribution is -0.128. The van der Waals surface area contributed by atoms with Gasteiger partial charge in [-0.1, -0.05) is 24.3 Å². The minimum Gasteiger partial charge on any atom is -0.388 e. The van der Waals surface area contributed by atoms with Crippen molar-refractivity contribution < 1.29 is 9.90 Å². The first-order valence-electron chi connectivity index (χ1n) is 7.08. The Balaban J connectivity index is 2.20. The Hall–Kier alpha value is -1.39. The summed E-state index contributed by atoms with van der Waals surface area (Å²) in [6.45, 7) is 7.86. The summed E-state index contributed by atoms with van der Waals surface area (Å²) in [5, 5.41) is 16.4. The largest absolute Gasteiger partial charge is 0.388 e. The van der Waals surface area contributed by atoms with Crippen LogP contribution in [0.15, 0.2) is 24.3 Å². The fraction of sp³-hybridized carbons (Fsp3) is 0.562. The molecule has 1 heterocycles. The highest BCUT2D eigenvalue weighted by molar-refractivity contribution is 5.84. The number of carbonyl (C=O) groups is 1. The molecule has 1 aromatic carbocycles. The Labute approximate surface area is 120 Å². The summed E-state index contributed by atoms with van der Waals surface area (Å²) in [7, 11) is 0. The average Bonchev–Trinajstić information content (AvgIpc) is 2.36. The number of carbonyl (C=O) groups excluding carboxylic acids is 1. The SMILES string of the molecule is CC(C)(O)C(C)(C)NC(=O)C1NCCc2ccccc21. The normalized spacial score (nSPS) is 19.4. The van der Waals surface area contributed by atoms with Gasteiger partial charge in [0.2, 0.25) is 5.91 Å². The molecule has 0 saturated heterocycles. The van der Waals surface area contributed by atoms with E-state index in [0.29, 0.717) is 0 Å². The first kappa shape index (κ1) is 15.0.